The van der Waals surface area contributed by atoms with Crippen LogP contribution in [-0.2, 0) is 4.79 Å². The summed E-state index contributed by atoms with van der Waals surface area (Å²) in [5.41, 5.74) is 0. The fourth-order valence-electron chi connectivity index (χ4n) is 2.02. The van der Waals surface area contributed by atoms with E-state index in [1.54, 1.807) is 29.7 Å². The highest BCUT2D eigenvalue weighted by Crippen LogP contribution is 2.18. The summed E-state index contributed by atoms with van der Waals surface area (Å²) in [5.74, 6) is -1.20. The standard InChI is InChI=1S/C13H17N3O3S/c1-8(11-14-4-5-20-11)7-15-13(19)16-10-3-2-9(6-10)12(17)18/h2-5,8-10H,6-7H2,1H3,(H,17,18)(H2,15,16,19). The van der Waals surface area contributed by atoms with Gasteiger partial charge >= 0.3 is 12.0 Å². The third-order valence-electron chi connectivity index (χ3n) is 3.16. The number of aromatic nitrogens is 1. The highest BCUT2D eigenvalue weighted by molar-refractivity contribution is 7.09. The van der Waals surface area contributed by atoms with Crippen LogP contribution in [0.5, 0.6) is 0 Å². The quantitative estimate of drug-likeness (QED) is 0.719. The van der Waals surface area contributed by atoms with Crippen LogP contribution in [0.25, 0.3) is 0 Å². The molecule has 0 saturated heterocycles. The molecular weight excluding hydrogens is 278 g/mol. The van der Waals surface area contributed by atoms with E-state index in [4.69, 9.17) is 5.11 Å². The number of carbonyl (C=O) groups is 2. The van der Waals surface area contributed by atoms with Crippen molar-refractivity contribution in [1.82, 2.24) is 15.6 Å². The first kappa shape index (κ1) is 14.5. The molecule has 1 heterocycles. The van der Waals surface area contributed by atoms with Gasteiger partial charge in [0.1, 0.15) is 0 Å². The molecule has 0 aromatic carbocycles. The number of rotatable bonds is 5. The molecule has 0 aliphatic heterocycles. The van der Waals surface area contributed by atoms with Crippen molar-refractivity contribution in [3.05, 3.63) is 28.7 Å². The van der Waals surface area contributed by atoms with Gasteiger partial charge in [0, 0.05) is 24.0 Å². The topological polar surface area (TPSA) is 91.3 Å². The second-order valence-corrected chi connectivity index (χ2v) is 5.72. The summed E-state index contributed by atoms with van der Waals surface area (Å²) in [7, 11) is 0. The average Bonchev–Trinajstić information content (AvgIpc) is 3.06. The molecule has 3 atom stereocenters. The molecule has 0 fully saturated rings. The maximum atomic E-state index is 11.7. The number of amides is 2. The van der Waals surface area contributed by atoms with Gasteiger partial charge in [0.2, 0.25) is 0 Å². The van der Waals surface area contributed by atoms with E-state index in [1.165, 1.54) is 0 Å². The molecule has 0 radical (unpaired) electrons. The van der Waals surface area contributed by atoms with E-state index in [1.807, 2.05) is 12.3 Å². The van der Waals surface area contributed by atoms with E-state index in [0.29, 0.717) is 13.0 Å². The van der Waals surface area contributed by atoms with Crippen LogP contribution in [0.15, 0.2) is 23.7 Å². The maximum absolute atomic E-state index is 11.7. The number of carboxylic acid groups (broad SMARTS) is 1. The molecule has 0 bridgehead atoms. The van der Waals surface area contributed by atoms with Gasteiger partial charge < -0.3 is 15.7 Å². The summed E-state index contributed by atoms with van der Waals surface area (Å²) in [4.78, 5) is 26.7. The van der Waals surface area contributed by atoms with E-state index >= 15 is 0 Å². The zero-order valence-corrected chi connectivity index (χ0v) is 11.9. The molecule has 0 saturated carbocycles. The first-order valence-electron chi connectivity index (χ1n) is 6.41. The molecule has 1 aliphatic carbocycles. The van der Waals surface area contributed by atoms with Crippen molar-refractivity contribution >= 4 is 23.3 Å². The Bertz CT molecular complexity index is 501. The lowest BCUT2D eigenvalue weighted by Gasteiger charge is -2.15. The number of carbonyl (C=O) groups excluding carboxylic acids is 1. The molecule has 1 aliphatic rings. The van der Waals surface area contributed by atoms with Crippen molar-refractivity contribution < 1.29 is 14.7 Å². The van der Waals surface area contributed by atoms with Crippen molar-refractivity contribution in [3.63, 3.8) is 0 Å². The SMILES string of the molecule is CC(CNC(=O)NC1C=CC(C(=O)O)C1)c1nccs1. The van der Waals surface area contributed by atoms with E-state index < -0.39 is 11.9 Å². The van der Waals surface area contributed by atoms with E-state index in [2.05, 4.69) is 15.6 Å². The van der Waals surface area contributed by atoms with Gasteiger partial charge in [-0.25, -0.2) is 9.78 Å². The van der Waals surface area contributed by atoms with Gasteiger partial charge in [0.25, 0.3) is 0 Å². The number of urea groups is 1. The lowest BCUT2D eigenvalue weighted by molar-refractivity contribution is -0.140. The van der Waals surface area contributed by atoms with E-state index in [0.717, 1.165) is 5.01 Å². The normalized spacial score (nSPS) is 22.4. The number of thiazole rings is 1. The Balaban J connectivity index is 1.71. The summed E-state index contributed by atoms with van der Waals surface area (Å²) in [5, 5.41) is 17.3. The first-order valence-corrected chi connectivity index (χ1v) is 7.29. The predicted molar refractivity (Wildman–Crippen MR) is 75.7 cm³/mol. The zero-order chi connectivity index (χ0) is 14.5. The molecule has 0 spiro atoms. The fraction of sp³-hybridized carbons (Fsp3) is 0.462. The number of aliphatic carboxylic acids is 1. The van der Waals surface area contributed by atoms with Crippen LogP contribution in [0.2, 0.25) is 0 Å². The Morgan fingerprint density at radius 3 is 2.95 bits per heavy atom. The molecule has 2 amide bonds. The Labute approximate surface area is 120 Å². The fourth-order valence-corrected chi connectivity index (χ4v) is 2.72. The summed E-state index contributed by atoms with van der Waals surface area (Å²) in [6.45, 7) is 2.49. The predicted octanol–water partition coefficient (Wildman–Crippen LogP) is 1.58. The van der Waals surface area contributed by atoms with Crippen LogP contribution >= 0.6 is 11.3 Å². The lowest BCUT2D eigenvalue weighted by Crippen LogP contribution is -2.42. The highest BCUT2D eigenvalue weighted by atomic mass is 32.1. The summed E-state index contributed by atoms with van der Waals surface area (Å²) in [6.07, 6.45) is 5.49. The maximum Gasteiger partial charge on any atom is 0.315 e. The van der Waals surface area contributed by atoms with E-state index in [9.17, 15) is 9.59 Å². The molecule has 108 valence electrons. The largest absolute Gasteiger partial charge is 0.481 e. The number of hydrogen-bond donors (Lipinski definition) is 3. The molecule has 3 unspecified atom stereocenters. The molecular formula is C13H17N3O3S. The lowest BCUT2D eigenvalue weighted by atomic mass is 10.1. The van der Waals surface area contributed by atoms with Gasteiger partial charge in [-0.05, 0) is 6.42 Å². The summed E-state index contributed by atoms with van der Waals surface area (Å²) >= 11 is 1.56. The van der Waals surface area contributed by atoms with Crippen molar-refractivity contribution in [2.45, 2.75) is 25.3 Å². The van der Waals surface area contributed by atoms with Gasteiger partial charge in [-0.1, -0.05) is 19.1 Å². The molecule has 2 rings (SSSR count). The molecule has 6 nitrogen and oxygen atoms in total. The second kappa shape index (κ2) is 6.51. The number of nitrogens with one attached hydrogen (secondary N) is 2. The van der Waals surface area contributed by atoms with Crippen LogP contribution in [0.1, 0.15) is 24.3 Å². The number of carboxylic acids is 1. The summed E-state index contributed by atoms with van der Waals surface area (Å²) in [6, 6.07) is -0.500. The van der Waals surface area contributed by atoms with Gasteiger partial charge in [-0.3, -0.25) is 4.79 Å². The van der Waals surface area contributed by atoms with Gasteiger partial charge in [0.15, 0.2) is 0 Å². The van der Waals surface area contributed by atoms with Gasteiger partial charge in [0.05, 0.1) is 17.0 Å². The van der Waals surface area contributed by atoms with Crippen LogP contribution in [-0.4, -0.2) is 34.7 Å². The van der Waals surface area contributed by atoms with Crippen molar-refractivity contribution in [3.8, 4) is 0 Å². The molecule has 1 aromatic heterocycles. The van der Waals surface area contributed by atoms with Crippen LogP contribution in [0.3, 0.4) is 0 Å². The van der Waals surface area contributed by atoms with Crippen molar-refractivity contribution in [2.24, 2.45) is 5.92 Å². The minimum absolute atomic E-state index is 0.159. The smallest absolute Gasteiger partial charge is 0.315 e. The minimum atomic E-state index is -0.858. The monoisotopic (exact) mass is 295 g/mol. The van der Waals surface area contributed by atoms with Crippen molar-refractivity contribution in [2.75, 3.05) is 6.54 Å². The first-order chi connectivity index (χ1) is 9.56. The van der Waals surface area contributed by atoms with Crippen LogP contribution < -0.4 is 10.6 Å². The molecule has 1 aromatic rings. The Morgan fingerprint density at radius 2 is 2.35 bits per heavy atom. The minimum Gasteiger partial charge on any atom is -0.481 e. The summed E-state index contributed by atoms with van der Waals surface area (Å²) < 4.78 is 0. The molecule has 20 heavy (non-hydrogen) atoms. The van der Waals surface area contributed by atoms with E-state index in [-0.39, 0.29) is 18.0 Å². The third-order valence-corrected chi connectivity index (χ3v) is 4.17. The zero-order valence-electron chi connectivity index (χ0n) is 11.1. The Kier molecular flexibility index (Phi) is 4.73. The second-order valence-electron chi connectivity index (χ2n) is 4.80. The van der Waals surface area contributed by atoms with Crippen molar-refractivity contribution in [1.29, 1.82) is 0 Å². The third kappa shape index (κ3) is 3.80. The molecule has 7 heteroatoms. The number of hydrogen-bond acceptors (Lipinski definition) is 4. The average molecular weight is 295 g/mol. The molecule has 3 N–H and O–H groups in total. The number of nitrogens with zero attached hydrogens (tertiary/aromatic N) is 1. The van der Waals surface area contributed by atoms with Gasteiger partial charge in [-0.15, -0.1) is 11.3 Å². The highest BCUT2D eigenvalue weighted by Gasteiger charge is 2.25. The van der Waals surface area contributed by atoms with Crippen LogP contribution in [0.4, 0.5) is 4.79 Å². The Hall–Kier alpha value is -1.89. The van der Waals surface area contributed by atoms with Crippen LogP contribution in [0, 0.1) is 5.92 Å². The van der Waals surface area contributed by atoms with Gasteiger partial charge in [-0.2, -0.15) is 0 Å². The Morgan fingerprint density at radius 1 is 1.55 bits per heavy atom.